The monoisotopic (exact) mass is 453 g/mol. The Morgan fingerprint density at radius 1 is 0.758 bits per heavy atom. The third kappa shape index (κ3) is 10.3. The molecule has 3 heteroatoms. The van der Waals surface area contributed by atoms with Crippen molar-refractivity contribution in [2.24, 2.45) is 5.92 Å². The minimum absolute atomic E-state index is 0.0197. The van der Waals surface area contributed by atoms with E-state index in [1.165, 1.54) is 57.8 Å². The summed E-state index contributed by atoms with van der Waals surface area (Å²) in [7, 11) is 4.14. The molecule has 0 spiro atoms. The fourth-order valence-electron chi connectivity index (χ4n) is 4.69. The first-order valence-corrected chi connectivity index (χ1v) is 13.2. The van der Waals surface area contributed by atoms with Gasteiger partial charge < -0.3 is 14.7 Å². The molecule has 0 aromatic heterocycles. The predicted octanol–water partition coefficient (Wildman–Crippen LogP) is 7.44. The highest BCUT2D eigenvalue weighted by atomic mass is 16.5. The Morgan fingerprint density at radius 3 is 1.82 bits per heavy atom. The van der Waals surface area contributed by atoms with Gasteiger partial charge in [-0.15, -0.1) is 0 Å². The zero-order valence-electron chi connectivity index (χ0n) is 21.3. The van der Waals surface area contributed by atoms with Crippen molar-refractivity contribution in [1.82, 2.24) is 4.90 Å². The van der Waals surface area contributed by atoms with Gasteiger partial charge in [-0.1, -0.05) is 120 Å². The number of benzene rings is 2. The summed E-state index contributed by atoms with van der Waals surface area (Å²) in [6, 6.07) is 20.2. The molecule has 0 radical (unpaired) electrons. The lowest BCUT2D eigenvalue weighted by atomic mass is 9.77. The SMILES string of the molecule is CCCCCCCCCCCCC(O)(c1ccccc1)C(COc1ccccc1)CN(C)C. The summed E-state index contributed by atoms with van der Waals surface area (Å²) in [6.07, 6.45) is 13.7. The van der Waals surface area contributed by atoms with Crippen LogP contribution in [0.2, 0.25) is 0 Å². The second-order valence-electron chi connectivity index (χ2n) is 9.81. The van der Waals surface area contributed by atoms with Gasteiger partial charge in [0.25, 0.3) is 0 Å². The van der Waals surface area contributed by atoms with Crippen LogP contribution in [-0.2, 0) is 5.60 Å². The van der Waals surface area contributed by atoms with Gasteiger partial charge in [0.1, 0.15) is 5.75 Å². The second-order valence-corrected chi connectivity index (χ2v) is 9.81. The van der Waals surface area contributed by atoms with Gasteiger partial charge in [0.15, 0.2) is 0 Å². The molecule has 0 heterocycles. The Hall–Kier alpha value is -1.84. The number of ether oxygens (including phenoxy) is 1. The van der Waals surface area contributed by atoms with Crippen LogP contribution < -0.4 is 4.74 Å². The third-order valence-electron chi connectivity index (χ3n) is 6.64. The number of rotatable bonds is 18. The summed E-state index contributed by atoms with van der Waals surface area (Å²) in [5, 5.41) is 12.1. The fourth-order valence-corrected chi connectivity index (χ4v) is 4.69. The van der Waals surface area contributed by atoms with Gasteiger partial charge in [-0.05, 0) is 38.2 Å². The van der Waals surface area contributed by atoms with E-state index in [0.717, 1.165) is 30.7 Å². The molecule has 1 N–H and O–H groups in total. The quantitative estimate of drug-likeness (QED) is 0.238. The molecule has 33 heavy (non-hydrogen) atoms. The summed E-state index contributed by atoms with van der Waals surface area (Å²) in [4.78, 5) is 2.16. The van der Waals surface area contributed by atoms with Crippen LogP contribution in [0.1, 0.15) is 83.1 Å². The Labute approximate surface area is 203 Å². The maximum Gasteiger partial charge on any atom is 0.119 e. The molecule has 0 bridgehead atoms. The number of unbranched alkanes of at least 4 members (excludes halogenated alkanes) is 9. The Bertz CT molecular complexity index is 719. The van der Waals surface area contributed by atoms with Gasteiger partial charge in [-0.2, -0.15) is 0 Å². The molecular weight excluding hydrogens is 406 g/mol. The number of para-hydroxylation sites is 1. The van der Waals surface area contributed by atoms with Gasteiger partial charge in [0, 0.05) is 12.5 Å². The maximum absolute atomic E-state index is 12.1. The van der Waals surface area contributed by atoms with E-state index in [1.807, 2.05) is 48.5 Å². The van der Waals surface area contributed by atoms with Crippen molar-refractivity contribution in [3.8, 4) is 5.75 Å². The van der Waals surface area contributed by atoms with Crippen molar-refractivity contribution in [3.63, 3.8) is 0 Å². The van der Waals surface area contributed by atoms with Crippen molar-refractivity contribution in [3.05, 3.63) is 66.2 Å². The zero-order valence-corrected chi connectivity index (χ0v) is 21.3. The van der Waals surface area contributed by atoms with Gasteiger partial charge >= 0.3 is 0 Å². The third-order valence-corrected chi connectivity index (χ3v) is 6.64. The van der Waals surface area contributed by atoms with Gasteiger partial charge in [0.2, 0.25) is 0 Å². The number of hydrogen-bond donors (Lipinski definition) is 1. The first-order valence-electron chi connectivity index (χ1n) is 13.2. The summed E-state index contributed by atoms with van der Waals surface area (Å²) >= 11 is 0. The molecule has 184 valence electrons. The lowest BCUT2D eigenvalue weighted by Crippen LogP contribution is -2.44. The normalized spacial score (nSPS) is 14.2. The second kappa shape index (κ2) is 15.9. The van der Waals surface area contributed by atoms with E-state index in [0.29, 0.717) is 6.61 Å². The van der Waals surface area contributed by atoms with E-state index < -0.39 is 5.60 Å². The Kier molecular flexibility index (Phi) is 13.2. The van der Waals surface area contributed by atoms with E-state index >= 15 is 0 Å². The van der Waals surface area contributed by atoms with Crippen molar-refractivity contribution in [2.75, 3.05) is 27.2 Å². The van der Waals surface area contributed by atoms with Crippen LogP contribution in [0, 0.1) is 5.92 Å². The van der Waals surface area contributed by atoms with Crippen LogP contribution in [0.4, 0.5) is 0 Å². The van der Waals surface area contributed by atoms with Crippen LogP contribution >= 0.6 is 0 Å². The molecule has 2 atom stereocenters. The first-order chi connectivity index (χ1) is 16.1. The zero-order chi connectivity index (χ0) is 23.8. The van der Waals surface area contributed by atoms with E-state index in [1.54, 1.807) is 0 Å². The van der Waals surface area contributed by atoms with Crippen molar-refractivity contribution in [1.29, 1.82) is 0 Å². The van der Waals surface area contributed by atoms with E-state index in [4.69, 9.17) is 4.74 Å². The lowest BCUT2D eigenvalue weighted by molar-refractivity contribution is -0.0580. The molecule has 2 rings (SSSR count). The summed E-state index contributed by atoms with van der Waals surface area (Å²) < 4.78 is 6.15. The smallest absolute Gasteiger partial charge is 0.119 e. The van der Waals surface area contributed by atoms with Crippen LogP contribution in [0.5, 0.6) is 5.75 Å². The molecule has 0 fully saturated rings. The van der Waals surface area contributed by atoms with Crippen molar-refractivity contribution in [2.45, 2.75) is 83.2 Å². The Morgan fingerprint density at radius 2 is 1.27 bits per heavy atom. The summed E-state index contributed by atoms with van der Waals surface area (Å²) in [5.74, 6) is 0.837. The molecule has 0 aliphatic heterocycles. The molecule has 0 aliphatic carbocycles. The molecule has 0 amide bonds. The highest BCUT2D eigenvalue weighted by Crippen LogP contribution is 2.36. The van der Waals surface area contributed by atoms with Crippen molar-refractivity contribution >= 4 is 0 Å². The minimum Gasteiger partial charge on any atom is -0.493 e. The number of nitrogens with zero attached hydrogens (tertiary/aromatic N) is 1. The average molecular weight is 454 g/mol. The van der Waals surface area contributed by atoms with E-state index in [9.17, 15) is 5.11 Å². The molecule has 2 aromatic carbocycles. The van der Waals surface area contributed by atoms with E-state index in [2.05, 4.69) is 38.1 Å². The molecule has 0 saturated carbocycles. The van der Waals surface area contributed by atoms with Crippen LogP contribution in [-0.4, -0.2) is 37.3 Å². The van der Waals surface area contributed by atoms with Crippen LogP contribution in [0.25, 0.3) is 0 Å². The predicted molar refractivity (Wildman–Crippen MR) is 141 cm³/mol. The Balaban J connectivity index is 1.95. The standard InChI is InChI=1S/C30H47NO2/c1-4-5-6-7-8-9-10-11-12-19-24-30(32,27-20-15-13-16-21-27)28(25-31(2)3)26-33-29-22-17-14-18-23-29/h13-18,20-23,28,32H,4-12,19,24-26H2,1-3H3. The van der Waals surface area contributed by atoms with Crippen molar-refractivity contribution < 1.29 is 9.84 Å². The number of aliphatic hydroxyl groups is 1. The molecule has 0 saturated heterocycles. The summed E-state index contributed by atoms with van der Waals surface area (Å²) in [6.45, 7) is 3.54. The van der Waals surface area contributed by atoms with Gasteiger partial charge in [-0.25, -0.2) is 0 Å². The molecular formula is C30H47NO2. The lowest BCUT2D eigenvalue weighted by Gasteiger charge is -2.38. The topological polar surface area (TPSA) is 32.7 Å². The molecule has 0 aliphatic rings. The molecule has 2 unspecified atom stereocenters. The largest absolute Gasteiger partial charge is 0.493 e. The fraction of sp³-hybridized carbons (Fsp3) is 0.600. The summed E-state index contributed by atoms with van der Waals surface area (Å²) in [5.41, 5.74) is 0.102. The van der Waals surface area contributed by atoms with Gasteiger partial charge in [0.05, 0.1) is 12.2 Å². The van der Waals surface area contributed by atoms with Crippen LogP contribution in [0.3, 0.4) is 0 Å². The van der Waals surface area contributed by atoms with Gasteiger partial charge in [-0.3, -0.25) is 0 Å². The maximum atomic E-state index is 12.1. The number of hydrogen-bond acceptors (Lipinski definition) is 3. The van der Waals surface area contributed by atoms with Crippen LogP contribution in [0.15, 0.2) is 60.7 Å². The highest BCUT2D eigenvalue weighted by Gasteiger charge is 2.38. The first kappa shape index (κ1) is 27.4. The van der Waals surface area contributed by atoms with E-state index in [-0.39, 0.29) is 5.92 Å². The highest BCUT2D eigenvalue weighted by molar-refractivity contribution is 5.24. The molecule has 3 nitrogen and oxygen atoms in total. The molecule has 2 aromatic rings. The average Bonchev–Trinajstić information content (AvgIpc) is 2.83. The minimum atomic E-state index is -0.902.